The van der Waals surface area contributed by atoms with E-state index in [1.807, 2.05) is 0 Å². The fourth-order valence-electron chi connectivity index (χ4n) is 2.27. The van der Waals surface area contributed by atoms with Crippen molar-refractivity contribution in [1.29, 1.82) is 0 Å². The van der Waals surface area contributed by atoms with Crippen LogP contribution >= 0.6 is 0 Å². The van der Waals surface area contributed by atoms with Gasteiger partial charge in [-0.3, -0.25) is 14.9 Å². The highest BCUT2D eigenvalue weighted by molar-refractivity contribution is 5.96. The van der Waals surface area contributed by atoms with Gasteiger partial charge in [0.05, 0.1) is 17.0 Å². The lowest BCUT2D eigenvalue weighted by atomic mass is 10.1. The van der Waals surface area contributed by atoms with Crippen LogP contribution in [0.5, 0.6) is 0 Å². The van der Waals surface area contributed by atoms with E-state index >= 15 is 0 Å². The standard InChI is InChI=1S/C18H13F3N2O3/c1-12-14(8-4-10-16(12)23(25)26)17(24)22-11-5-7-13-6-2-3-9-15(13)18(19,20)21/h2-4,6,8-10H,11H2,1H3,(H,22,24). The van der Waals surface area contributed by atoms with E-state index < -0.39 is 22.6 Å². The van der Waals surface area contributed by atoms with Crippen LogP contribution in [0.15, 0.2) is 42.5 Å². The summed E-state index contributed by atoms with van der Waals surface area (Å²) in [6, 6.07) is 8.94. The number of halogens is 3. The first-order valence-corrected chi connectivity index (χ1v) is 7.39. The van der Waals surface area contributed by atoms with Gasteiger partial charge in [0.2, 0.25) is 0 Å². The molecule has 0 aliphatic rings. The largest absolute Gasteiger partial charge is 0.417 e. The zero-order valence-corrected chi connectivity index (χ0v) is 13.6. The zero-order chi connectivity index (χ0) is 19.3. The molecule has 0 fully saturated rings. The minimum Gasteiger partial charge on any atom is -0.341 e. The number of hydrogen-bond acceptors (Lipinski definition) is 3. The van der Waals surface area contributed by atoms with E-state index in [2.05, 4.69) is 17.2 Å². The van der Waals surface area contributed by atoms with Crippen molar-refractivity contribution in [1.82, 2.24) is 5.32 Å². The molecule has 2 rings (SSSR count). The molecule has 0 unspecified atom stereocenters. The monoisotopic (exact) mass is 362 g/mol. The quantitative estimate of drug-likeness (QED) is 0.514. The van der Waals surface area contributed by atoms with Crippen LogP contribution in [0, 0.1) is 28.9 Å². The molecule has 2 aromatic rings. The Balaban J connectivity index is 2.11. The molecule has 134 valence electrons. The molecular formula is C18H13F3N2O3. The highest BCUT2D eigenvalue weighted by Gasteiger charge is 2.32. The van der Waals surface area contributed by atoms with E-state index in [0.29, 0.717) is 0 Å². The van der Waals surface area contributed by atoms with Gasteiger partial charge in [0.25, 0.3) is 11.6 Å². The molecule has 0 saturated heterocycles. The second kappa shape index (κ2) is 7.70. The molecule has 5 nitrogen and oxygen atoms in total. The molecule has 0 aliphatic carbocycles. The summed E-state index contributed by atoms with van der Waals surface area (Å²) in [5, 5.41) is 13.3. The van der Waals surface area contributed by atoms with E-state index in [-0.39, 0.29) is 28.9 Å². The Hall–Kier alpha value is -3.34. The number of alkyl halides is 3. The van der Waals surface area contributed by atoms with Crippen molar-refractivity contribution in [2.45, 2.75) is 13.1 Å². The van der Waals surface area contributed by atoms with Gasteiger partial charge < -0.3 is 5.32 Å². The third-order valence-corrected chi connectivity index (χ3v) is 3.54. The molecular weight excluding hydrogens is 349 g/mol. The average molecular weight is 362 g/mol. The van der Waals surface area contributed by atoms with Crippen LogP contribution in [-0.2, 0) is 6.18 Å². The number of carbonyl (C=O) groups excluding carboxylic acids is 1. The Morgan fingerprint density at radius 1 is 1.19 bits per heavy atom. The van der Waals surface area contributed by atoms with Crippen LogP contribution in [0.4, 0.5) is 18.9 Å². The molecule has 8 heteroatoms. The lowest BCUT2D eigenvalue weighted by Gasteiger charge is -2.08. The van der Waals surface area contributed by atoms with Crippen molar-refractivity contribution < 1.29 is 22.9 Å². The van der Waals surface area contributed by atoms with E-state index in [9.17, 15) is 28.1 Å². The minimum atomic E-state index is -4.52. The summed E-state index contributed by atoms with van der Waals surface area (Å²) in [6.07, 6.45) is -4.52. The van der Waals surface area contributed by atoms with Gasteiger partial charge in [-0.15, -0.1) is 0 Å². The molecule has 0 spiro atoms. The molecule has 0 saturated carbocycles. The molecule has 1 N–H and O–H groups in total. The summed E-state index contributed by atoms with van der Waals surface area (Å²) in [6.45, 7) is 1.24. The average Bonchev–Trinajstić information content (AvgIpc) is 2.58. The fraction of sp³-hybridized carbons (Fsp3) is 0.167. The summed E-state index contributed by atoms with van der Waals surface area (Å²) in [4.78, 5) is 22.4. The van der Waals surface area contributed by atoms with Gasteiger partial charge in [0.1, 0.15) is 0 Å². The van der Waals surface area contributed by atoms with Crippen LogP contribution in [0.25, 0.3) is 0 Å². The van der Waals surface area contributed by atoms with E-state index in [4.69, 9.17) is 0 Å². The third-order valence-electron chi connectivity index (χ3n) is 3.54. The van der Waals surface area contributed by atoms with Crippen molar-refractivity contribution in [3.05, 3.63) is 74.8 Å². The molecule has 0 aliphatic heterocycles. The maximum Gasteiger partial charge on any atom is 0.417 e. The van der Waals surface area contributed by atoms with Crippen LogP contribution < -0.4 is 5.32 Å². The molecule has 1 amide bonds. The molecule has 0 atom stereocenters. The summed E-state index contributed by atoms with van der Waals surface area (Å²) >= 11 is 0. The maximum absolute atomic E-state index is 12.9. The minimum absolute atomic E-state index is 0.108. The number of nitrogens with zero attached hydrogens (tertiary/aromatic N) is 1. The van der Waals surface area contributed by atoms with Gasteiger partial charge in [-0.05, 0) is 25.1 Å². The number of benzene rings is 2. The number of carbonyl (C=O) groups is 1. The Kier molecular flexibility index (Phi) is 5.62. The number of amides is 1. The first-order chi connectivity index (χ1) is 12.2. The number of nitro groups is 1. The lowest BCUT2D eigenvalue weighted by Crippen LogP contribution is -2.24. The number of rotatable bonds is 3. The predicted molar refractivity (Wildman–Crippen MR) is 88.5 cm³/mol. The van der Waals surface area contributed by atoms with Gasteiger partial charge in [-0.1, -0.05) is 30.0 Å². The van der Waals surface area contributed by atoms with Crippen molar-refractivity contribution >= 4 is 11.6 Å². The Morgan fingerprint density at radius 2 is 1.88 bits per heavy atom. The molecule has 0 bridgehead atoms. The highest BCUT2D eigenvalue weighted by atomic mass is 19.4. The first kappa shape index (κ1) is 19.0. The second-order valence-electron chi connectivity index (χ2n) is 5.23. The lowest BCUT2D eigenvalue weighted by molar-refractivity contribution is -0.385. The van der Waals surface area contributed by atoms with Crippen molar-refractivity contribution in [3.63, 3.8) is 0 Å². The number of hydrogen-bond donors (Lipinski definition) is 1. The maximum atomic E-state index is 12.9. The zero-order valence-electron chi connectivity index (χ0n) is 13.6. The summed E-state index contributed by atoms with van der Waals surface area (Å²) in [5.41, 5.74) is -0.931. The topological polar surface area (TPSA) is 72.2 Å². The Labute approximate surface area is 147 Å². The molecule has 0 heterocycles. The van der Waals surface area contributed by atoms with Gasteiger partial charge >= 0.3 is 6.18 Å². The van der Waals surface area contributed by atoms with Crippen LogP contribution in [0.3, 0.4) is 0 Å². The van der Waals surface area contributed by atoms with Crippen molar-refractivity contribution in [2.24, 2.45) is 0 Å². The van der Waals surface area contributed by atoms with E-state index in [1.165, 1.54) is 43.3 Å². The molecule has 2 aromatic carbocycles. The van der Waals surface area contributed by atoms with Gasteiger partial charge in [-0.2, -0.15) is 13.2 Å². The SMILES string of the molecule is Cc1c(C(=O)NCC#Cc2ccccc2C(F)(F)F)cccc1[N+](=O)[O-]. The summed E-state index contributed by atoms with van der Waals surface area (Å²) < 4.78 is 38.6. The summed E-state index contributed by atoms with van der Waals surface area (Å²) in [7, 11) is 0. The van der Waals surface area contributed by atoms with Crippen LogP contribution in [0.2, 0.25) is 0 Å². The highest BCUT2D eigenvalue weighted by Crippen LogP contribution is 2.31. The fourth-order valence-corrected chi connectivity index (χ4v) is 2.27. The van der Waals surface area contributed by atoms with Gasteiger partial charge in [0, 0.05) is 22.8 Å². The van der Waals surface area contributed by atoms with Crippen LogP contribution in [-0.4, -0.2) is 17.4 Å². The van der Waals surface area contributed by atoms with E-state index in [0.717, 1.165) is 6.07 Å². The van der Waals surface area contributed by atoms with Crippen molar-refractivity contribution in [3.8, 4) is 11.8 Å². The molecule has 0 aromatic heterocycles. The van der Waals surface area contributed by atoms with Crippen LogP contribution in [0.1, 0.15) is 27.0 Å². The predicted octanol–water partition coefficient (Wildman–Crippen LogP) is 3.70. The second-order valence-corrected chi connectivity index (χ2v) is 5.23. The first-order valence-electron chi connectivity index (χ1n) is 7.39. The Bertz CT molecular complexity index is 912. The normalized spacial score (nSPS) is 10.6. The van der Waals surface area contributed by atoms with E-state index in [1.54, 1.807) is 0 Å². The third kappa shape index (κ3) is 4.39. The molecule has 0 radical (unpaired) electrons. The van der Waals surface area contributed by atoms with Gasteiger partial charge in [-0.25, -0.2) is 0 Å². The number of nitrogens with one attached hydrogen (secondary N) is 1. The number of nitro benzene ring substituents is 1. The molecule has 26 heavy (non-hydrogen) atoms. The smallest absolute Gasteiger partial charge is 0.341 e. The Morgan fingerprint density at radius 3 is 2.54 bits per heavy atom. The summed E-state index contributed by atoms with van der Waals surface area (Å²) in [5.74, 6) is 4.24. The van der Waals surface area contributed by atoms with Gasteiger partial charge in [0.15, 0.2) is 0 Å². The van der Waals surface area contributed by atoms with Crippen molar-refractivity contribution in [2.75, 3.05) is 6.54 Å².